The second-order valence-electron chi connectivity index (χ2n) is 4.27. The Bertz CT molecular complexity index is 629. The Morgan fingerprint density at radius 2 is 1.95 bits per heavy atom. The summed E-state index contributed by atoms with van der Waals surface area (Å²) in [5.41, 5.74) is 2.43. The number of nitrogens with one attached hydrogen (secondary N) is 2. The van der Waals surface area contributed by atoms with Gasteiger partial charge in [-0.1, -0.05) is 28.1 Å². The summed E-state index contributed by atoms with van der Waals surface area (Å²) in [6, 6.07) is 12.6. The van der Waals surface area contributed by atoms with E-state index in [1.165, 1.54) is 0 Å². The van der Waals surface area contributed by atoms with Gasteiger partial charge in [0.2, 0.25) is 0 Å². The molecule has 5 heteroatoms. The largest absolute Gasteiger partial charge is 0.497 e. The van der Waals surface area contributed by atoms with Crippen LogP contribution in [0, 0.1) is 6.92 Å². The van der Waals surface area contributed by atoms with Crippen molar-refractivity contribution in [3.05, 3.63) is 52.5 Å². The molecule has 0 heterocycles. The van der Waals surface area contributed by atoms with Crippen LogP contribution in [-0.4, -0.2) is 13.1 Å². The summed E-state index contributed by atoms with van der Waals surface area (Å²) >= 11 is 3.38. The van der Waals surface area contributed by atoms with Crippen LogP contribution in [0.15, 0.2) is 46.9 Å². The van der Waals surface area contributed by atoms with E-state index in [9.17, 15) is 4.79 Å². The van der Waals surface area contributed by atoms with E-state index in [1.54, 1.807) is 19.2 Å². The van der Waals surface area contributed by atoms with E-state index in [2.05, 4.69) is 26.6 Å². The lowest BCUT2D eigenvalue weighted by molar-refractivity contribution is 0.262. The summed E-state index contributed by atoms with van der Waals surface area (Å²) < 4.78 is 6.03. The van der Waals surface area contributed by atoms with Crippen LogP contribution in [0.2, 0.25) is 0 Å². The molecule has 2 aromatic carbocycles. The molecule has 0 aliphatic heterocycles. The third-order valence-electron chi connectivity index (χ3n) is 2.78. The van der Waals surface area contributed by atoms with Gasteiger partial charge in [0.25, 0.3) is 0 Å². The molecule has 2 N–H and O–H groups in total. The van der Waals surface area contributed by atoms with Gasteiger partial charge < -0.3 is 15.4 Å². The van der Waals surface area contributed by atoms with E-state index < -0.39 is 0 Å². The molecule has 104 valence electrons. The van der Waals surface area contributed by atoms with E-state index in [-0.39, 0.29) is 6.03 Å². The molecular formula is C15H15BrN2O2. The Morgan fingerprint density at radius 1 is 1.15 bits per heavy atom. The number of aryl methyl sites for hydroxylation is 1. The average molecular weight is 335 g/mol. The zero-order chi connectivity index (χ0) is 14.5. The molecular weight excluding hydrogens is 320 g/mol. The predicted molar refractivity (Wildman–Crippen MR) is 84.5 cm³/mol. The third kappa shape index (κ3) is 3.74. The second kappa shape index (κ2) is 6.43. The lowest BCUT2D eigenvalue weighted by Gasteiger charge is -2.11. The van der Waals surface area contributed by atoms with Crippen LogP contribution in [0.3, 0.4) is 0 Å². The van der Waals surface area contributed by atoms with Gasteiger partial charge >= 0.3 is 6.03 Å². The van der Waals surface area contributed by atoms with Crippen LogP contribution in [-0.2, 0) is 0 Å². The molecule has 0 fully saturated rings. The summed E-state index contributed by atoms with van der Waals surface area (Å²) in [6.07, 6.45) is 0. The smallest absolute Gasteiger partial charge is 0.323 e. The van der Waals surface area contributed by atoms with Gasteiger partial charge in [0.15, 0.2) is 0 Å². The number of ether oxygens (including phenoxy) is 1. The topological polar surface area (TPSA) is 50.4 Å². The summed E-state index contributed by atoms with van der Waals surface area (Å²) in [5.74, 6) is 0.696. The van der Waals surface area contributed by atoms with Crippen molar-refractivity contribution in [1.29, 1.82) is 0 Å². The number of benzene rings is 2. The molecule has 0 saturated heterocycles. The number of hydrogen-bond acceptors (Lipinski definition) is 2. The molecule has 0 spiro atoms. The number of amides is 2. The van der Waals surface area contributed by atoms with Gasteiger partial charge in [-0.05, 0) is 36.8 Å². The number of urea groups is 1. The van der Waals surface area contributed by atoms with E-state index in [0.717, 1.165) is 15.7 Å². The van der Waals surface area contributed by atoms with E-state index in [1.807, 2.05) is 37.3 Å². The lowest BCUT2D eigenvalue weighted by atomic mass is 10.2. The molecule has 0 aliphatic rings. The zero-order valence-corrected chi connectivity index (χ0v) is 12.8. The van der Waals surface area contributed by atoms with Crippen LogP contribution in [0.5, 0.6) is 5.75 Å². The second-order valence-corrected chi connectivity index (χ2v) is 5.19. The number of hydrogen-bond donors (Lipinski definition) is 2. The monoisotopic (exact) mass is 334 g/mol. The van der Waals surface area contributed by atoms with Crippen molar-refractivity contribution >= 4 is 33.3 Å². The quantitative estimate of drug-likeness (QED) is 0.873. The van der Waals surface area contributed by atoms with Crippen LogP contribution in [0.4, 0.5) is 16.2 Å². The molecule has 0 saturated carbocycles. The first-order chi connectivity index (χ1) is 9.58. The molecule has 0 atom stereocenters. The minimum Gasteiger partial charge on any atom is -0.497 e. The minimum atomic E-state index is -0.292. The fourth-order valence-electron chi connectivity index (χ4n) is 1.71. The summed E-state index contributed by atoms with van der Waals surface area (Å²) in [4.78, 5) is 12.0. The zero-order valence-electron chi connectivity index (χ0n) is 11.2. The molecule has 0 bridgehead atoms. The Hall–Kier alpha value is -2.01. The van der Waals surface area contributed by atoms with Gasteiger partial charge in [0.05, 0.1) is 7.11 Å². The van der Waals surface area contributed by atoms with Crippen molar-refractivity contribution in [1.82, 2.24) is 0 Å². The van der Waals surface area contributed by atoms with Gasteiger partial charge in [0, 0.05) is 21.9 Å². The van der Waals surface area contributed by atoms with Gasteiger partial charge in [-0.25, -0.2) is 4.79 Å². The predicted octanol–water partition coefficient (Wildman–Crippen LogP) is 4.41. The third-order valence-corrected chi connectivity index (χ3v) is 3.27. The Labute approximate surface area is 126 Å². The highest BCUT2D eigenvalue weighted by atomic mass is 79.9. The highest BCUT2D eigenvalue weighted by Gasteiger charge is 2.06. The highest BCUT2D eigenvalue weighted by molar-refractivity contribution is 9.10. The maximum absolute atomic E-state index is 12.0. The van der Waals surface area contributed by atoms with Crippen molar-refractivity contribution < 1.29 is 9.53 Å². The highest BCUT2D eigenvalue weighted by Crippen LogP contribution is 2.21. The van der Waals surface area contributed by atoms with Crippen molar-refractivity contribution in [2.45, 2.75) is 6.92 Å². The van der Waals surface area contributed by atoms with Crippen molar-refractivity contribution in [3.63, 3.8) is 0 Å². The molecule has 20 heavy (non-hydrogen) atoms. The van der Waals surface area contributed by atoms with Gasteiger partial charge in [-0.2, -0.15) is 0 Å². The first-order valence-corrected chi connectivity index (χ1v) is 6.86. The summed E-state index contributed by atoms with van der Waals surface area (Å²) in [7, 11) is 1.59. The molecule has 2 aromatic rings. The number of anilines is 2. The SMILES string of the molecule is COc1cccc(NC(=O)Nc2cc(Br)ccc2C)c1. The van der Waals surface area contributed by atoms with Crippen LogP contribution in [0.25, 0.3) is 0 Å². The first kappa shape index (κ1) is 14.4. The van der Waals surface area contributed by atoms with Crippen molar-refractivity contribution in [3.8, 4) is 5.75 Å². The maximum Gasteiger partial charge on any atom is 0.323 e. The summed E-state index contributed by atoms with van der Waals surface area (Å²) in [5, 5.41) is 5.58. The molecule has 0 aliphatic carbocycles. The number of rotatable bonds is 3. The van der Waals surface area contributed by atoms with Crippen molar-refractivity contribution in [2.24, 2.45) is 0 Å². The Morgan fingerprint density at radius 3 is 2.70 bits per heavy atom. The molecule has 4 nitrogen and oxygen atoms in total. The normalized spacial score (nSPS) is 9.95. The number of methoxy groups -OCH3 is 1. The first-order valence-electron chi connectivity index (χ1n) is 6.06. The molecule has 0 unspecified atom stereocenters. The Kier molecular flexibility index (Phi) is 4.63. The molecule has 0 aromatic heterocycles. The Balaban J connectivity index is 2.07. The van der Waals surface area contributed by atoms with Gasteiger partial charge in [-0.15, -0.1) is 0 Å². The van der Waals surface area contributed by atoms with E-state index >= 15 is 0 Å². The van der Waals surface area contributed by atoms with Crippen LogP contribution >= 0.6 is 15.9 Å². The minimum absolute atomic E-state index is 0.292. The number of halogens is 1. The molecule has 0 radical (unpaired) electrons. The van der Waals surface area contributed by atoms with E-state index in [4.69, 9.17) is 4.74 Å². The van der Waals surface area contributed by atoms with Crippen LogP contribution in [0.1, 0.15) is 5.56 Å². The van der Waals surface area contributed by atoms with Crippen LogP contribution < -0.4 is 15.4 Å². The van der Waals surface area contributed by atoms with Gasteiger partial charge in [-0.3, -0.25) is 0 Å². The van der Waals surface area contributed by atoms with Gasteiger partial charge in [0.1, 0.15) is 5.75 Å². The fourth-order valence-corrected chi connectivity index (χ4v) is 2.08. The maximum atomic E-state index is 12.0. The number of carbonyl (C=O) groups excluding carboxylic acids is 1. The summed E-state index contributed by atoms with van der Waals surface area (Å²) in [6.45, 7) is 1.94. The lowest BCUT2D eigenvalue weighted by Crippen LogP contribution is -2.19. The molecule has 2 amide bonds. The van der Waals surface area contributed by atoms with E-state index in [0.29, 0.717) is 11.4 Å². The molecule has 2 rings (SSSR count). The standard InChI is InChI=1S/C15H15BrN2O2/c1-10-6-7-11(16)8-14(10)18-15(19)17-12-4-3-5-13(9-12)20-2/h3-9H,1-2H3,(H2,17,18,19). The fraction of sp³-hybridized carbons (Fsp3) is 0.133. The number of carbonyl (C=O) groups is 1. The van der Waals surface area contributed by atoms with Crippen molar-refractivity contribution in [2.75, 3.05) is 17.7 Å². The average Bonchev–Trinajstić information content (AvgIpc) is 2.43.